The summed E-state index contributed by atoms with van der Waals surface area (Å²) in [6, 6.07) is 7.94. The van der Waals surface area contributed by atoms with Gasteiger partial charge in [-0.2, -0.15) is 23.1 Å². The molecule has 3 heterocycles. The standard InChI is InChI=1S/C23H26ClF3N6O2Si/c1-32-11-17(23(25,26)27)29-20(32)16-7-5-15(6-8-16)12-35-21-18-19(30-22(24)31-21)28-13-33(18)14-34-9-10-36(2,3)4/h5-8,11,13H,9-10,12,14H2,1-4H3. The van der Waals surface area contributed by atoms with Crippen LogP contribution < -0.4 is 4.74 Å². The van der Waals surface area contributed by atoms with Crippen molar-refractivity contribution >= 4 is 30.8 Å². The number of halogens is 4. The minimum Gasteiger partial charge on any atom is -0.471 e. The third kappa shape index (κ3) is 6.23. The first-order chi connectivity index (χ1) is 16.9. The summed E-state index contributed by atoms with van der Waals surface area (Å²) in [5.74, 6) is 0.483. The van der Waals surface area contributed by atoms with Crippen LogP contribution in [0.2, 0.25) is 31.0 Å². The Morgan fingerprint density at radius 1 is 1.06 bits per heavy atom. The van der Waals surface area contributed by atoms with E-state index in [1.54, 1.807) is 35.2 Å². The van der Waals surface area contributed by atoms with Crippen LogP contribution in [0.15, 0.2) is 36.8 Å². The Bertz CT molecular complexity index is 1350. The molecule has 0 aliphatic carbocycles. The maximum Gasteiger partial charge on any atom is 0.434 e. The number of imidazole rings is 2. The van der Waals surface area contributed by atoms with Crippen LogP contribution in [0.4, 0.5) is 13.2 Å². The second-order valence-electron chi connectivity index (χ2n) is 9.58. The summed E-state index contributed by atoms with van der Waals surface area (Å²) in [7, 11) is 0.315. The highest BCUT2D eigenvalue weighted by molar-refractivity contribution is 6.76. The third-order valence-electron chi connectivity index (χ3n) is 5.39. The van der Waals surface area contributed by atoms with Gasteiger partial charge in [0.1, 0.15) is 19.2 Å². The average molecular weight is 539 g/mol. The molecule has 36 heavy (non-hydrogen) atoms. The van der Waals surface area contributed by atoms with E-state index in [0.29, 0.717) is 23.3 Å². The van der Waals surface area contributed by atoms with Crippen LogP contribution >= 0.6 is 11.6 Å². The highest BCUT2D eigenvalue weighted by Crippen LogP contribution is 2.31. The van der Waals surface area contributed by atoms with E-state index in [-0.39, 0.29) is 30.3 Å². The molecular weight excluding hydrogens is 513 g/mol. The molecule has 0 aliphatic rings. The number of hydrogen-bond donors (Lipinski definition) is 0. The summed E-state index contributed by atoms with van der Waals surface area (Å²) in [6.45, 7) is 7.93. The number of nitrogens with zero attached hydrogens (tertiary/aromatic N) is 6. The normalized spacial score (nSPS) is 12.4. The van der Waals surface area contributed by atoms with Crippen molar-refractivity contribution in [2.45, 2.75) is 45.2 Å². The first-order valence-electron chi connectivity index (χ1n) is 11.2. The van der Waals surface area contributed by atoms with Crippen LogP contribution in [-0.2, 0) is 31.3 Å². The van der Waals surface area contributed by atoms with Crippen LogP contribution in [-0.4, -0.2) is 43.8 Å². The second kappa shape index (κ2) is 10.2. The summed E-state index contributed by atoms with van der Waals surface area (Å²) in [6.07, 6.45) is -1.93. The number of hydrogen-bond acceptors (Lipinski definition) is 6. The molecule has 0 fully saturated rings. The fourth-order valence-electron chi connectivity index (χ4n) is 3.43. The first kappa shape index (κ1) is 26.1. The quantitative estimate of drug-likeness (QED) is 0.152. The Labute approximate surface area is 212 Å². The van der Waals surface area contributed by atoms with Gasteiger partial charge in [-0.1, -0.05) is 43.9 Å². The molecule has 0 amide bonds. The Kier molecular flexibility index (Phi) is 7.39. The Balaban J connectivity index is 1.47. The van der Waals surface area contributed by atoms with Gasteiger partial charge in [-0.25, -0.2) is 9.97 Å². The van der Waals surface area contributed by atoms with Gasteiger partial charge < -0.3 is 18.6 Å². The fraction of sp³-hybridized carbons (Fsp3) is 0.391. The predicted molar refractivity (Wildman–Crippen MR) is 132 cm³/mol. The number of alkyl halides is 3. The molecule has 8 nitrogen and oxygen atoms in total. The summed E-state index contributed by atoms with van der Waals surface area (Å²) < 4.78 is 53.8. The van der Waals surface area contributed by atoms with Crippen LogP contribution in [0, 0.1) is 0 Å². The molecule has 13 heteroatoms. The molecule has 3 aromatic heterocycles. The number of fused-ring (bicyclic) bond motifs is 1. The highest BCUT2D eigenvalue weighted by atomic mass is 35.5. The van der Waals surface area contributed by atoms with Gasteiger partial charge >= 0.3 is 6.18 Å². The van der Waals surface area contributed by atoms with Gasteiger partial charge in [-0.3, -0.25) is 0 Å². The predicted octanol–water partition coefficient (Wildman–Crippen LogP) is 5.79. The zero-order valence-corrected chi connectivity index (χ0v) is 22.1. The molecule has 0 atom stereocenters. The maximum absolute atomic E-state index is 13.0. The molecule has 192 valence electrons. The second-order valence-corrected chi connectivity index (χ2v) is 15.5. The van der Waals surface area contributed by atoms with Crippen LogP contribution in [0.5, 0.6) is 5.88 Å². The number of aryl methyl sites for hydroxylation is 1. The minimum absolute atomic E-state index is 0.00741. The zero-order valence-electron chi connectivity index (χ0n) is 20.3. The summed E-state index contributed by atoms with van der Waals surface area (Å²) in [4.78, 5) is 16.4. The number of rotatable bonds is 9. The van der Waals surface area contributed by atoms with Crippen LogP contribution in [0.25, 0.3) is 22.6 Å². The van der Waals surface area contributed by atoms with Crippen molar-refractivity contribution in [3.8, 4) is 17.3 Å². The van der Waals surface area contributed by atoms with E-state index in [0.717, 1.165) is 17.8 Å². The van der Waals surface area contributed by atoms with E-state index in [1.807, 2.05) is 0 Å². The lowest BCUT2D eigenvalue weighted by Gasteiger charge is -2.16. The van der Waals surface area contributed by atoms with E-state index >= 15 is 0 Å². The van der Waals surface area contributed by atoms with E-state index in [2.05, 4.69) is 39.6 Å². The van der Waals surface area contributed by atoms with Crippen molar-refractivity contribution in [1.82, 2.24) is 29.1 Å². The molecule has 0 aliphatic heterocycles. The van der Waals surface area contributed by atoms with E-state index in [4.69, 9.17) is 21.1 Å². The summed E-state index contributed by atoms with van der Waals surface area (Å²) in [5.41, 5.74) is 1.36. The fourth-order valence-corrected chi connectivity index (χ4v) is 4.35. The van der Waals surface area contributed by atoms with Crippen molar-refractivity contribution in [2.75, 3.05) is 6.61 Å². The molecule has 0 saturated carbocycles. The van der Waals surface area contributed by atoms with Gasteiger partial charge in [0.2, 0.25) is 11.2 Å². The Morgan fingerprint density at radius 2 is 1.78 bits per heavy atom. The lowest BCUT2D eigenvalue weighted by molar-refractivity contribution is -0.140. The molecule has 0 spiro atoms. The van der Waals surface area contributed by atoms with Gasteiger partial charge in [0, 0.05) is 33.5 Å². The van der Waals surface area contributed by atoms with Gasteiger partial charge in [0.15, 0.2) is 16.9 Å². The highest BCUT2D eigenvalue weighted by Gasteiger charge is 2.34. The van der Waals surface area contributed by atoms with E-state index in [1.165, 1.54) is 11.6 Å². The zero-order chi connectivity index (χ0) is 26.1. The van der Waals surface area contributed by atoms with Crippen molar-refractivity contribution < 1.29 is 22.6 Å². The molecule has 1 aromatic carbocycles. The molecule has 0 saturated heterocycles. The van der Waals surface area contributed by atoms with E-state index < -0.39 is 19.9 Å². The van der Waals surface area contributed by atoms with Gasteiger partial charge in [0.25, 0.3) is 0 Å². The maximum atomic E-state index is 13.0. The summed E-state index contributed by atoms with van der Waals surface area (Å²) >= 11 is 6.06. The lowest BCUT2D eigenvalue weighted by atomic mass is 10.1. The monoisotopic (exact) mass is 538 g/mol. The van der Waals surface area contributed by atoms with Crippen molar-refractivity contribution in [3.63, 3.8) is 0 Å². The first-order valence-corrected chi connectivity index (χ1v) is 15.3. The van der Waals surface area contributed by atoms with Crippen LogP contribution in [0.1, 0.15) is 11.3 Å². The third-order valence-corrected chi connectivity index (χ3v) is 7.27. The average Bonchev–Trinajstić information content (AvgIpc) is 3.38. The molecule has 0 bridgehead atoms. The van der Waals surface area contributed by atoms with Crippen molar-refractivity contribution in [3.05, 3.63) is 53.3 Å². The number of benzene rings is 1. The minimum atomic E-state index is -4.50. The van der Waals surface area contributed by atoms with Crippen molar-refractivity contribution in [2.24, 2.45) is 7.05 Å². The van der Waals surface area contributed by atoms with Crippen LogP contribution in [0.3, 0.4) is 0 Å². The number of ether oxygens (including phenoxy) is 2. The molecular formula is C23H26ClF3N6O2Si. The van der Waals surface area contributed by atoms with Gasteiger partial charge in [-0.05, 0) is 23.2 Å². The van der Waals surface area contributed by atoms with E-state index in [9.17, 15) is 13.2 Å². The van der Waals surface area contributed by atoms with Gasteiger partial charge in [-0.15, -0.1) is 0 Å². The SMILES string of the molecule is Cn1cc(C(F)(F)F)nc1-c1ccc(COc2nc(Cl)nc3ncn(COCC[Si](C)(C)C)c23)cc1. The van der Waals surface area contributed by atoms with Gasteiger partial charge in [0.05, 0.1) is 6.33 Å². The largest absolute Gasteiger partial charge is 0.471 e. The smallest absolute Gasteiger partial charge is 0.434 e. The molecule has 0 N–H and O–H groups in total. The molecule has 4 aromatic rings. The Hall–Kier alpha value is -2.96. The topological polar surface area (TPSA) is 79.9 Å². The Morgan fingerprint density at radius 3 is 2.42 bits per heavy atom. The number of aromatic nitrogens is 6. The molecule has 0 radical (unpaired) electrons. The lowest BCUT2D eigenvalue weighted by Crippen LogP contribution is -2.22. The summed E-state index contributed by atoms with van der Waals surface area (Å²) in [5, 5.41) is 0.00741. The molecule has 0 unspecified atom stereocenters. The van der Waals surface area contributed by atoms with Crippen molar-refractivity contribution in [1.29, 1.82) is 0 Å². The molecule has 4 rings (SSSR count).